The van der Waals surface area contributed by atoms with Crippen molar-refractivity contribution in [2.45, 2.75) is 71.0 Å². The smallest absolute Gasteiger partial charge is 0.256 e. The predicted octanol–water partition coefficient (Wildman–Crippen LogP) is 4.88. The zero-order valence-corrected chi connectivity index (χ0v) is 27.3. The topological polar surface area (TPSA) is 98.9 Å². The number of H-pyrrole nitrogens is 1. The zero-order valence-electron chi connectivity index (χ0n) is 27.3. The summed E-state index contributed by atoms with van der Waals surface area (Å²) in [7, 11) is 3.72. The monoisotopic (exact) mass is 613 g/mol. The number of carbonyl (C=O) groups excluding carboxylic acids is 1. The average Bonchev–Trinajstić information content (AvgIpc) is 3.31. The summed E-state index contributed by atoms with van der Waals surface area (Å²) in [6.45, 7) is 11.6. The fourth-order valence-electron chi connectivity index (χ4n) is 7.49. The summed E-state index contributed by atoms with van der Waals surface area (Å²) >= 11 is 0. The van der Waals surface area contributed by atoms with Gasteiger partial charge in [0.1, 0.15) is 5.75 Å². The van der Waals surface area contributed by atoms with Crippen LogP contribution in [0.15, 0.2) is 41.2 Å². The Morgan fingerprint density at radius 3 is 2.51 bits per heavy atom. The van der Waals surface area contributed by atoms with Gasteiger partial charge in [0.15, 0.2) is 0 Å². The third kappa shape index (κ3) is 6.01. The number of benzene rings is 2. The lowest BCUT2D eigenvalue weighted by Crippen LogP contribution is -2.45. The van der Waals surface area contributed by atoms with Crippen molar-refractivity contribution in [3.63, 3.8) is 0 Å². The van der Waals surface area contributed by atoms with Crippen LogP contribution in [0, 0.1) is 13.8 Å². The molecule has 6 rings (SSSR count). The Morgan fingerprint density at radius 2 is 1.80 bits per heavy atom. The molecule has 2 aromatic carbocycles. The first-order chi connectivity index (χ1) is 21.7. The number of nitrogens with one attached hydrogen (secondary N) is 3. The number of ether oxygens (including phenoxy) is 2. The van der Waals surface area contributed by atoms with E-state index < -0.39 is 5.41 Å². The first kappa shape index (κ1) is 31.3. The number of hydrogen-bond donors (Lipinski definition) is 3. The number of methoxy groups -OCH3 is 1. The first-order valence-electron chi connectivity index (χ1n) is 16.3. The standard InChI is InChI=1S/C36H47N5O4/c1-6-41(28-9-15-45-16-10-28)32-20-26(18-27(24(32)3)21-37-22-29-33(44-5)17-23(2)38-34(29)42)25-7-8-30-31(19-25)39-35(43)36(30)11-13-40(4)14-12-36/h7-8,17-20,28,37H,6,9-16,21-22H2,1-5H3,(H,38,42)(H,39,43). The molecule has 9 nitrogen and oxygen atoms in total. The molecule has 9 heteroatoms. The third-order valence-electron chi connectivity index (χ3n) is 10.2. The fourth-order valence-corrected chi connectivity index (χ4v) is 7.49. The van der Waals surface area contributed by atoms with Gasteiger partial charge >= 0.3 is 0 Å². The number of amides is 1. The highest BCUT2D eigenvalue weighted by Gasteiger charge is 2.48. The van der Waals surface area contributed by atoms with E-state index in [1.807, 2.05) is 13.0 Å². The largest absolute Gasteiger partial charge is 0.496 e. The molecule has 0 bridgehead atoms. The Hall–Kier alpha value is -3.66. The SMILES string of the molecule is CCN(c1cc(-c2ccc3c(c2)NC(=O)C32CCN(C)CC2)cc(CNCc2c(OC)cc(C)[nH]c2=O)c1C)C1CCOCC1. The number of anilines is 2. The highest BCUT2D eigenvalue weighted by molar-refractivity contribution is 6.07. The maximum absolute atomic E-state index is 13.4. The van der Waals surface area contributed by atoms with Crippen molar-refractivity contribution in [2.24, 2.45) is 0 Å². The first-order valence-corrected chi connectivity index (χ1v) is 16.3. The zero-order chi connectivity index (χ0) is 31.7. The lowest BCUT2D eigenvalue weighted by atomic mass is 9.73. The van der Waals surface area contributed by atoms with Gasteiger partial charge in [0.25, 0.3) is 5.56 Å². The van der Waals surface area contributed by atoms with E-state index in [0.29, 0.717) is 30.4 Å². The minimum atomic E-state index is -0.426. The second-order valence-corrected chi connectivity index (χ2v) is 12.9. The van der Waals surface area contributed by atoms with Crippen LogP contribution in [0.1, 0.15) is 60.6 Å². The Bertz CT molecular complexity index is 1620. The minimum absolute atomic E-state index is 0.134. The summed E-state index contributed by atoms with van der Waals surface area (Å²) in [6.07, 6.45) is 3.70. The Morgan fingerprint density at radius 1 is 1.04 bits per heavy atom. The number of aromatic nitrogens is 1. The van der Waals surface area contributed by atoms with Gasteiger partial charge in [0.2, 0.25) is 5.91 Å². The molecule has 0 saturated carbocycles. The molecule has 240 valence electrons. The number of aromatic amines is 1. The van der Waals surface area contributed by atoms with Gasteiger partial charge in [-0.2, -0.15) is 0 Å². The van der Waals surface area contributed by atoms with Gasteiger partial charge in [0, 0.05) is 56.0 Å². The van der Waals surface area contributed by atoms with Crippen molar-refractivity contribution in [3.8, 4) is 16.9 Å². The summed E-state index contributed by atoms with van der Waals surface area (Å²) in [5, 5.41) is 6.77. The number of fused-ring (bicyclic) bond motifs is 2. The number of likely N-dealkylation sites (tertiary alicyclic amines) is 1. The molecule has 3 aliphatic rings. The van der Waals surface area contributed by atoms with Crippen molar-refractivity contribution < 1.29 is 14.3 Å². The summed E-state index contributed by atoms with van der Waals surface area (Å²) in [5.74, 6) is 0.726. The summed E-state index contributed by atoms with van der Waals surface area (Å²) < 4.78 is 11.2. The van der Waals surface area contributed by atoms with Crippen LogP contribution in [0.4, 0.5) is 11.4 Å². The second kappa shape index (κ2) is 13.0. The van der Waals surface area contributed by atoms with Gasteiger partial charge in [-0.05, 0) is 119 Å². The lowest BCUT2D eigenvalue weighted by molar-refractivity contribution is -0.122. The van der Waals surface area contributed by atoms with Crippen molar-refractivity contribution in [1.29, 1.82) is 0 Å². The van der Waals surface area contributed by atoms with E-state index >= 15 is 0 Å². The van der Waals surface area contributed by atoms with E-state index in [9.17, 15) is 9.59 Å². The van der Waals surface area contributed by atoms with Crippen LogP contribution in [0.3, 0.4) is 0 Å². The van der Waals surface area contributed by atoms with Crippen molar-refractivity contribution in [3.05, 3.63) is 74.7 Å². The van der Waals surface area contributed by atoms with Crippen LogP contribution in [0.25, 0.3) is 11.1 Å². The van der Waals surface area contributed by atoms with E-state index in [1.165, 1.54) is 16.8 Å². The molecule has 0 aliphatic carbocycles. The molecule has 1 aromatic heterocycles. The fraction of sp³-hybridized carbons (Fsp3) is 0.500. The molecule has 0 unspecified atom stereocenters. The van der Waals surface area contributed by atoms with Crippen molar-refractivity contribution in [1.82, 2.24) is 15.2 Å². The number of pyridine rings is 1. The molecule has 1 spiro atoms. The van der Waals surface area contributed by atoms with Crippen LogP contribution in [-0.2, 0) is 28.0 Å². The quantitative estimate of drug-likeness (QED) is 0.317. The molecular weight excluding hydrogens is 566 g/mol. The van der Waals surface area contributed by atoms with Crippen LogP contribution in [0.2, 0.25) is 0 Å². The summed E-state index contributed by atoms with van der Waals surface area (Å²) in [5.41, 5.74) is 8.69. The van der Waals surface area contributed by atoms with Gasteiger partial charge in [-0.1, -0.05) is 12.1 Å². The van der Waals surface area contributed by atoms with Gasteiger partial charge in [-0.15, -0.1) is 0 Å². The molecule has 0 atom stereocenters. The molecule has 3 aromatic rings. The molecule has 2 fully saturated rings. The van der Waals surface area contributed by atoms with E-state index in [4.69, 9.17) is 9.47 Å². The molecule has 1 amide bonds. The lowest BCUT2D eigenvalue weighted by Gasteiger charge is -2.37. The molecule has 3 aliphatic heterocycles. The van der Waals surface area contributed by atoms with E-state index in [0.717, 1.165) is 86.6 Å². The normalized spacial score (nSPS) is 18.2. The Labute approximate surface area is 266 Å². The Kier molecular flexibility index (Phi) is 9.04. The maximum atomic E-state index is 13.4. The molecule has 4 heterocycles. The van der Waals surface area contributed by atoms with Crippen LogP contribution in [0.5, 0.6) is 5.75 Å². The predicted molar refractivity (Wildman–Crippen MR) is 179 cm³/mol. The second-order valence-electron chi connectivity index (χ2n) is 12.9. The van der Waals surface area contributed by atoms with E-state index in [2.05, 4.69) is 76.6 Å². The highest BCUT2D eigenvalue weighted by atomic mass is 16.5. The number of aryl methyl sites for hydroxylation is 1. The van der Waals surface area contributed by atoms with Crippen LogP contribution >= 0.6 is 0 Å². The van der Waals surface area contributed by atoms with Crippen LogP contribution in [-0.4, -0.2) is 68.8 Å². The van der Waals surface area contributed by atoms with Crippen molar-refractivity contribution in [2.75, 3.05) is 57.2 Å². The van der Waals surface area contributed by atoms with Gasteiger partial charge < -0.3 is 34.9 Å². The molecule has 0 radical (unpaired) electrons. The number of carbonyl (C=O) groups is 1. The average molecular weight is 614 g/mol. The number of rotatable bonds is 9. The van der Waals surface area contributed by atoms with Crippen molar-refractivity contribution >= 4 is 17.3 Å². The molecule has 3 N–H and O–H groups in total. The number of hydrogen-bond acceptors (Lipinski definition) is 7. The third-order valence-corrected chi connectivity index (χ3v) is 10.2. The van der Waals surface area contributed by atoms with E-state index in [-0.39, 0.29) is 11.5 Å². The number of piperidine rings is 1. The molecule has 2 saturated heterocycles. The summed E-state index contributed by atoms with van der Waals surface area (Å²) in [4.78, 5) is 33.8. The molecule has 45 heavy (non-hydrogen) atoms. The molecular formula is C36H47N5O4. The summed E-state index contributed by atoms with van der Waals surface area (Å²) in [6, 6.07) is 13.4. The van der Waals surface area contributed by atoms with Gasteiger partial charge in [-0.25, -0.2) is 0 Å². The van der Waals surface area contributed by atoms with Gasteiger partial charge in [-0.3, -0.25) is 9.59 Å². The van der Waals surface area contributed by atoms with Gasteiger partial charge in [0.05, 0.1) is 18.1 Å². The number of nitrogens with zero attached hydrogens (tertiary/aromatic N) is 2. The van der Waals surface area contributed by atoms with Crippen LogP contribution < -0.4 is 25.8 Å². The Balaban J connectivity index is 1.35. The minimum Gasteiger partial charge on any atom is -0.496 e. The highest BCUT2D eigenvalue weighted by Crippen LogP contribution is 2.46. The van der Waals surface area contributed by atoms with E-state index in [1.54, 1.807) is 7.11 Å². The maximum Gasteiger partial charge on any atom is 0.256 e.